The van der Waals surface area contributed by atoms with Crippen molar-refractivity contribution in [3.05, 3.63) is 97.0 Å². The SMILES string of the molecule is C[C@H](c1ccc(Cl)cc1)N1C(=O)c2cc(I)ccc2N(C(C=O)C2CNCCO2)C(=O)[C@@H]1c1ccc(Cl)cc1. The van der Waals surface area contributed by atoms with Gasteiger partial charge in [0.05, 0.1) is 30.0 Å². The van der Waals surface area contributed by atoms with Crippen LogP contribution in [0.1, 0.15) is 40.5 Å². The first-order valence-corrected chi connectivity index (χ1v) is 14.4. The van der Waals surface area contributed by atoms with Crippen LogP contribution in [0.25, 0.3) is 0 Å². The van der Waals surface area contributed by atoms with Gasteiger partial charge in [-0.05, 0) is 83.1 Å². The predicted molar refractivity (Wildman–Crippen MR) is 159 cm³/mol. The Bertz CT molecular complexity index is 1380. The van der Waals surface area contributed by atoms with Gasteiger partial charge in [-0.15, -0.1) is 0 Å². The van der Waals surface area contributed by atoms with E-state index in [0.29, 0.717) is 46.6 Å². The van der Waals surface area contributed by atoms with Crippen molar-refractivity contribution >= 4 is 69.6 Å². The highest BCUT2D eigenvalue weighted by molar-refractivity contribution is 14.1. The van der Waals surface area contributed by atoms with Crippen molar-refractivity contribution in [2.24, 2.45) is 0 Å². The number of halogens is 3. The lowest BCUT2D eigenvalue weighted by Gasteiger charge is -2.39. The summed E-state index contributed by atoms with van der Waals surface area (Å²) in [5.74, 6) is -0.730. The molecule has 3 aromatic carbocycles. The van der Waals surface area contributed by atoms with Crippen molar-refractivity contribution in [1.82, 2.24) is 10.2 Å². The van der Waals surface area contributed by atoms with Crippen LogP contribution in [-0.4, -0.2) is 54.8 Å². The van der Waals surface area contributed by atoms with Crippen molar-refractivity contribution in [3.63, 3.8) is 0 Å². The Kier molecular flexibility index (Phi) is 8.58. The van der Waals surface area contributed by atoms with E-state index in [9.17, 15) is 14.4 Å². The molecule has 10 heteroatoms. The lowest BCUT2D eigenvalue weighted by atomic mass is 9.98. The van der Waals surface area contributed by atoms with Gasteiger partial charge in [0.1, 0.15) is 18.4 Å². The lowest BCUT2D eigenvalue weighted by Crippen LogP contribution is -2.56. The Labute approximate surface area is 250 Å². The molecule has 0 saturated carbocycles. The Hall–Kier alpha value is -2.50. The minimum Gasteiger partial charge on any atom is -0.373 e. The first-order chi connectivity index (χ1) is 18.8. The molecule has 0 aromatic heterocycles. The van der Waals surface area contributed by atoms with Crippen LogP contribution in [0.5, 0.6) is 0 Å². The van der Waals surface area contributed by atoms with Gasteiger partial charge in [-0.25, -0.2) is 0 Å². The molecular formula is C29H26Cl2IN3O4. The van der Waals surface area contributed by atoms with E-state index in [1.165, 1.54) is 4.90 Å². The maximum absolute atomic E-state index is 14.7. The minimum absolute atomic E-state index is 0.325. The fraction of sp³-hybridized carbons (Fsp3) is 0.276. The van der Waals surface area contributed by atoms with E-state index in [4.69, 9.17) is 27.9 Å². The number of aldehydes is 1. The second-order valence-electron chi connectivity index (χ2n) is 9.50. The number of carbonyl (C=O) groups is 3. The second kappa shape index (κ2) is 11.9. The zero-order chi connectivity index (χ0) is 27.7. The number of nitrogens with one attached hydrogen (secondary N) is 1. The predicted octanol–water partition coefficient (Wildman–Crippen LogP) is 5.45. The largest absolute Gasteiger partial charge is 0.373 e. The first-order valence-electron chi connectivity index (χ1n) is 12.5. The third-order valence-corrected chi connectivity index (χ3v) is 8.34. The number of hydrogen-bond donors (Lipinski definition) is 1. The molecule has 1 N–H and O–H groups in total. The summed E-state index contributed by atoms with van der Waals surface area (Å²) in [6.45, 7) is 3.35. The summed E-state index contributed by atoms with van der Waals surface area (Å²) < 4.78 is 6.76. The molecule has 0 spiro atoms. The summed E-state index contributed by atoms with van der Waals surface area (Å²) in [5, 5.41) is 4.31. The second-order valence-corrected chi connectivity index (χ2v) is 11.6. The monoisotopic (exact) mass is 677 g/mol. The Morgan fingerprint density at radius 1 is 1.03 bits per heavy atom. The highest BCUT2D eigenvalue weighted by Gasteiger charge is 2.46. The molecule has 39 heavy (non-hydrogen) atoms. The van der Waals surface area contributed by atoms with Crippen LogP contribution in [0.15, 0.2) is 66.7 Å². The number of ether oxygens (including phenoxy) is 1. The van der Waals surface area contributed by atoms with Gasteiger partial charge in [0.25, 0.3) is 11.8 Å². The molecule has 1 saturated heterocycles. The number of hydrogen-bond acceptors (Lipinski definition) is 5. The van der Waals surface area contributed by atoms with Crippen molar-refractivity contribution in [3.8, 4) is 0 Å². The van der Waals surface area contributed by atoms with E-state index in [-0.39, 0.29) is 5.91 Å². The molecule has 5 rings (SSSR count). The van der Waals surface area contributed by atoms with Gasteiger partial charge in [-0.2, -0.15) is 0 Å². The maximum Gasteiger partial charge on any atom is 0.257 e. The fourth-order valence-electron chi connectivity index (χ4n) is 5.19. The molecular weight excluding hydrogens is 652 g/mol. The topological polar surface area (TPSA) is 79.0 Å². The van der Waals surface area contributed by atoms with E-state index < -0.39 is 30.1 Å². The summed E-state index contributed by atoms with van der Waals surface area (Å²) in [6, 6.07) is 16.9. The van der Waals surface area contributed by atoms with Gasteiger partial charge in [0.15, 0.2) is 0 Å². The number of rotatable bonds is 6. The summed E-state index contributed by atoms with van der Waals surface area (Å²) >= 11 is 14.5. The Morgan fingerprint density at radius 2 is 1.69 bits per heavy atom. The molecule has 2 heterocycles. The number of fused-ring (bicyclic) bond motifs is 1. The quantitative estimate of drug-likeness (QED) is 0.278. The standard InChI is InChI=1S/C29H26Cl2IN3O4/c1-17(18-2-6-20(30)7-3-18)34-27(19-4-8-21(31)9-5-19)29(38)35(25(16-36)26-15-33-12-13-39-26)24-11-10-22(32)14-23(24)28(34)37/h2-11,14,16-17,25-27,33H,12-13,15H2,1H3/t17-,25?,26?,27+/m1/s1. The van der Waals surface area contributed by atoms with Crippen LogP contribution in [0.4, 0.5) is 5.69 Å². The summed E-state index contributed by atoms with van der Waals surface area (Å²) in [6.07, 6.45) is 0.160. The van der Waals surface area contributed by atoms with E-state index in [0.717, 1.165) is 15.4 Å². The van der Waals surface area contributed by atoms with Crippen LogP contribution >= 0.6 is 45.8 Å². The third kappa shape index (κ3) is 5.58. The summed E-state index contributed by atoms with van der Waals surface area (Å²) in [4.78, 5) is 44.8. The van der Waals surface area contributed by atoms with Crippen molar-refractivity contribution in [1.29, 1.82) is 0 Å². The zero-order valence-electron chi connectivity index (χ0n) is 21.0. The Morgan fingerprint density at radius 3 is 2.31 bits per heavy atom. The van der Waals surface area contributed by atoms with E-state index in [2.05, 4.69) is 27.9 Å². The van der Waals surface area contributed by atoms with Gasteiger partial charge in [0.2, 0.25) is 0 Å². The lowest BCUT2D eigenvalue weighted by molar-refractivity contribution is -0.127. The average Bonchev–Trinajstić information content (AvgIpc) is 3.03. The molecule has 2 aliphatic heterocycles. The van der Waals surface area contributed by atoms with Gasteiger partial charge in [0, 0.05) is 26.7 Å². The molecule has 2 amide bonds. The normalized spacial score (nSPS) is 21.2. The smallest absolute Gasteiger partial charge is 0.257 e. The van der Waals surface area contributed by atoms with Gasteiger partial charge < -0.3 is 19.7 Å². The Balaban J connectivity index is 1.72. The molecule has 0 radical (unpaired) electrons. The number of benzene rings is 3. The first kappa shape index (κ1) is 28.0. The number of amides is 2. The number of carbonyl (C=O) groups excluding carboxylic acids is 3. The van der Waals surface area contributed by atoms with Crippen LogP contribution in [0.3, 0.4) is 0 Å². The minimum atomic E-state index is -1.04. The third-order valence-electron chi connectivity index (χ3n) is 7.16. The van der Waals surface area contributed by atoms with Gasteiger partial charge in [-0.1, -0.05) is 47.5 Å². The van der Waals surface area contributed by atoms with Crippen LogP contribution in [0, 0.1) is 3.57 Å². The molecule has 7 nitrogen and oxygen atoms in total. The van der Waals surface area contributed by atoms with Crippen LogP contribution in [0.2, 0.25) is 10.0 Å². The molecule has 4 atom stereocenters. The number of anilines is 1. The molecule has 3 aromatic rings. The number of morpholine rings is 1. The fourth-order valence-corrected chi connectivity index (χ4v) is 5.94. The van der Waals surface area contributed by atoms with Crippen molar-refractivity contribution in [2.45, 2.75) is 31.2 Å². The number of nitrogens with zero attached hydrogens (tertiary/aromatic N) is 2. The highest BCUT2D eigenvalue weighted by atomic mass is 127. The summed E-state index contributed by atoms with van der Waals surface area (Å²) in [7, 11) is 0. The van der Waals surface area contributed by atoms with Crippen molar-refractivity contribution < 1.29 is 19.1 Å². The molecule has 2 unspecified atom stereocenters. The molecule has 0 aliphatic carbocycles. The maximum atomic E-state index is 14.7. The zero-order valence-corrected chi connectivity index (χ0v) is 24.7. The van der Waals surface area contributed by atoms with Gasteiger partial charge in [-0.3, -0.25) is 14.5 Å². The summed E-state index contributed by atoms with van der Waals surface area (Å²) in [5.41, 5.74) is 2.11. The molecule has 2 aliphatic rings. The highest BCUT2D eigenvalue weighted by Crippen LogP contribution is 2.41. The molecule has 0 bridgehead atoms. The average molecular weight is 678 g/mol. The van der Waals surface area contributed by atoms with Crippen molar-refractivity contribution in [2.75, 3.05) is 24.6 Å². The van der Waals surface area contributed by atoms with Crippen LogP contribution < -0.4 is 10.2 Å². The van der Waals surface area contributed by atoms with Crippen LogP contribution in [-0.2, 0) is 14.3 Å². The molecule has 1 fully saturated rings. The van der Waals surface area contributed by atoms with E-state index in [1.54, 1.807) is 53.4 Å². The molecule has 202 valence electrons. The van der Waals surface area contributed by atoms with E-state index in [1.807, 2.05) is 25.1 Å². The van der Waals surface area contributed by atoms with Gasteiger partial charge >= 0.3 is 0 Å². The van der Waals surface area contributed by atoms with E-state index >= 15 is 0 Å².